The highest BCUT2D eigenvalue weighted by Crippen LogP contribution is 2.20. The number of rotatable bonds is 10. The Morgan fingerprint density at radius 3 is 2.56 bits per heavy atom. The molecule has 1 heterocycles. The van der Waals surface area contributed by atoms with Crippen molar-refractivity contribution in [1.82, 2.24) is 14.9 Å². The SMILES string of the molecule is COCCn1c(N)c(N(CC(=O)NC(C)(C#N)C(C)C)Cc2ccccc2)c(=O)[nH]c1=O. The quantitative estimate of drug-likeness (QED) is 0.494. The van der Waals surface area contributed by atoms with Crippen LogP contribution in [0.15, 0.2) is 39.9 Å². The number of nitrogen functional groups attached to an aromatic ring is 1. The van der Waals surface area contributed by atoms with E-state index >= 15 is 0 Å². The van der Waals surface area contributed by atoms with Gasteiger partial charge in [-0.25, -0.2) is 4.79 Å². The largest absolute Gasteiger partial charge is 0.383 e. The third-order valence-electron chi connectivity index (χ3n) is 5.39. The number of nitrogens with one attached hydrogen (secondary N) is 2. The number of carbonyl (C=O) groups is 1. The van der Waals surface area contributed by atoms with Gasteiger partial charge in [0, 0.05) is 13.7 Å². The molecule has 1 aromatic carbocycles. The van der Waals surface area contributed by atoms with Crippen LogP contribution in [0.25, 0.3) is 0 Å². The first-order valence-electron chi connectivity index (χ1n) is 10.3. The van der Waals surface area contributed by atoms with E-state index in [1.165, 1.54) is 16.6 Å². The van der Waals surface area contributed by atoms with Gasteiger partial charge in [0.1, 0.15) is 17.0 Å². The number of nitriles is 1. The molecule has 10 nitrogen and oxygen atoms in total. The Kier molecular flexibility index (Phi) is 8.21. The number of ether oxygens (including phenoxy) is 1. The number of carbonyl (C=O) groups excluding carboxylic acids is 1. The van der Waals surface area contributed by atoms with Gasteiger partial charge in [-0.15, -0.1) is 0 Å². The van der Waals surface area contributed by atoms with Crippen LogP contribution in [0.2, 0.25) is 0 Å². The van der Waals surface area contributed by atoms with E-state index in [4.69, 9.17) is 10.5 Å². The number of H-pyrrole nitrogens is 1. The van der Waals surface area contributed by atoms with Crippen LogP contribution >= 0.6 is 0 Å². The molecule has 0 radical (unpaired) electrons. The molecule has 1 unspecified atom stereocenters. The van der Waals surface area contributed by atoms with Crippen molar-refractivity contribution in [3.8, 4) is 6.07 Å². The first-order chi connectivity index (χ1) is 15.1. The average molecular weight is 443 g/mol. The van der Waals surface area contributed by atoms with Gasteiger partial charge in [-0.05, 0) is 18.4 Å². The molecule has 32 heavy (non-hydrogen) atoms. The van der Waals surface area contributed by atoms with Gasteiger partial charge in [-0.2, -0.15) is 5.26 Å². The van der Waals surface area contributed by atoms with E-state index < -0.39 is 22.7 Å². The summed E-state index contributed by atoms with van der Waals surface area (Å²) in [6.45, 7) is 5.60. The van der Waals surface area contributed by atoms with Crippen molar-refractivity contribution in [3.63, 3.8) is 0 Å². The number of hydrogen-bond acceptors (Lipinski definition) is 7. The van der Waals surface area contributed by atoms with Crippen LogP contribution in [0.5, 0.6) is 0 Å². The summed E-state index contributed by atoms with van der Waals surface area (Å²) in [4.78, 5) is 41.7. The van der Waals surface area contributed by atoms with Crippen molar-refractivity contribution < 1.29 is 9.53 Å². The molecule has 2 rings (SSSR count). The van der Waals surface area contributed by atoms with Gasteiger partial charge < -0.3 is 20.7 Å². The molecule has 0 aliphatic rings. The van der Waals surface area contributed by atoms with Crippen LogP contribution in [0.1, 0.15) is 26.3 Å². The number of benzene rings is 1. The third-order valence-corrected chi connectivity index (χ3v) is 5.39. The molecule has 1 amide bonds. The molecular formula is C22H30N6O4. The Balaban J connectivity index is 2.49. The first-order valence-corrected chi connectivity index (χ1v) is 10.3. The molecule has 4 N–H and O–H groups in total. The standard InChI is InChI=1S/C22H30N6O4/c1-15(2)22(3,14-23)26-17(29)13-27(12-16-8-6-5-7-9-16)18-19(24)28(10-11-32-4)21(31)25-20(18)30/h5-9,15H,10-13,24H2,1-4H3,(H,26,29)(H,25,30,31). The summed E-state index contributed by atoms with van der Waals surface area (Å²) in [5.74, 6) is -0.651. The lowest BCUT2D eigenvalue weighted by Gasteiger charge is -2.30. The van der Waals surface area contributed by atoms with Crippen molar-refractivity contribution in [3.05, 3.63) is 56.7 Å². The van der Waals surface area contributed by atoms with E-state index in [0.29, 0.717) is 0 Å². The summed E-state index contributed by atoms with van der Waals surface area (Å²) < 4.78 is 6.22. The van der Waals surface area contributed by atoms with Gasteiger partial charge in [0.2, 0.25) is 5.91 Å². The molecule has 172 valence electrons. The van der Waals surface area contributed by atoms with E-state index in [2.05, 4.69) is 16.4 Å². The van der Waals surface area contributed by atoms with Gasteiger partial charge >= 0.3 is 5.69 Å². The molecule has 0 spiro atoms. The molecule has 0 saturated carbocycles. The number of anilines is 2. The van der Waals surface area contributed by atoms with E-state index in [0.717, 1.165) is 5.56 Å². The van der Waals surface area contributed by atoms with E-state index in [1.54, 1.807) is 6.92 Å². The predicted octanol–water partition coefficient (Wildman–Crippen LogP) is 0.826. The lowest BCUT2D eigenvalue weighted by molar-refractivity contribution is -0.121. The van der Waals surface area contributed by atoms with Gasteiger partial charge in [0.25, 0.3) is 5.56 Å². The van der Waals surface area contributed by atoms with Crippen LogP contribution < -0.4 is 27.2 Å². The third kappa shape index (κ3) is 5.76. The Morgan fingerprint density at radius 2 is 2.00 bits per heavy atom. The minimum absolute atomic E-state index is 0.00270. The van der Waals surface area contributed by atoms with Crippen molar-refractivity contribution in [1.29, 1.82) is 5.26 Å². The minimum Gasteiger partial charge on any atom is -0.383 e. The number of amides is 1. The molecule has 0 saturated heterocycles. The molecule has 2 aromatic rings. The van der Waals surface area contributed by atoms with Gasteiger partial charge in [-0.3, -0.25) is 19.1 Å². The zero-order valence-corrected chi connectivity index (χ0v) is 18.8. The smallest absolute Gasteiger partial charge is 0.330 e. The van der Waals surface area contributed by atoms with E-state index in [-0.39, 0.29) is 43.7 Å². The minimum atomic E-state index is -1.08. The van der Waals surface area contributed by atoms with Crippen molar-refractivity contribution in [2.45, 2.75) is 39.4 Å². The summed E-state index contributed by atoms with van der Waals surface area (Å²) in [6, 6.07) is 11.4. The topological polar surface area (TPSA) is 146 Å². The molecule has 1 aromatic heterocycles. The van der Waals surface area contributed by atoms with E-state index in [9.17, 15) is 19.6 Å². The molecule has 0 aliphatic carbocycles. The summed E-state index contributed by atoms with van der Waals surface area (Å²) in [5.41, 5.74) is 4.62. The fourth-order valence-electron chi connectivity index (χ4n) is 3.11. The van der Waals surface area contributed by atoms with Crippen LogP contribution in [-0.2, 0) is 22.6 Å². The van der Waals surface area contributed by atoms with Crippen LogP contribution in [0.4, 0.5) is 11.5 Å². The molecular weight excluding hydrogens is 412 g/mol. The fourth-order valence-corrected chi connectivity index (χ4v) is 3.11. The highest BCUT2D eigenvalue weighted by atomic mass is 16.5. The highest BCUT2D eigenvalue weighted by molar-refractivity contribution is 5.83. The number of hydrogen-bond donors (Lipinski definition) is 3. The second kappa shape index (κ2) is 10.6. The Bertz CT molecular complexity index is 1090. The van der Waals surface area contributed by atoms with Crippen LogP contribution in [-0.4, -0.2) is 41.3 Å². The molecule has 0 aliphatic heterocycles. The predicted molar refractivity (Wildman–Crippen MR) is 122 cm³/mol. The van der Waals surface area contributed by atoms with Crippen molar-refractivity contribution in [2.24, 2.45) is 5.92 Å². The summed E-state index contributed by atoms with van der Waals surface area (Å²) in [6.07, 6.45) is 0. The maximum atomic E-state index is 12.9. The number of aromatic nitrogens is 2. The zero-order chi connectivity index (χ0) is 23.9. The second-order valence-electron chi connectivity index (χ2n) is 8.00. The zero-order valence-electron chi connectivity index (χ0n) is 18.8. The first kappa shape index (κ1) is 24.7. The van der Waals surface area contributed by atoms with Gasteiger partial charge in [0.05, 0.1) is 25.8 Å². The Hall–Kier alpha value is -3.58. The average Bonchev–Trinajstić information content (AvgIpc) is 2.73. The molecule has 1 atom stereocenters. The second-order valence-corrected chi connectivity index (χ2v) is 8.00. The monoisotopic (exact) mass is 442 g/mol. The van der Waals surface area contributed by atoms with Gasteiger partial charge in [-0.1, -0.05) is 44.2 Å². The van der Waals surface area contributed by atoms with Crippen molar-refractivity contribution >= 4 is 17.4 Å². The maximum Gasteiger partial charge on any atom is 0.330 e. The lowest BCUT2D eigenvalue weighted by Crippen LogP contribution is -2.52. The molecule has 10 heteroatoms. The van der Waals surface area contributed by atoms with E-state index in [1.807, 2.05) is 44.2 Å². The lowest BCUT2D eigenvalue weighted by atomic mass is 9.90. The van der Waals surface area contributed by atoms with Gasteiger partial charge in [0.15, 0.2) is 0 Å². The summed E-state index contributed by atoms with van der Waals surface area (Å²) >= 11 is 0. The number of aromatic amines is 1. The summed E-state index contributed by atoms with van der Waals surface area (Å²) in [5, 5.41) is 12.3. The van der Waals surface area contributed by atoms with Crippen molar-refractivity contribution in [2.75, 3.05) is 30.9 Å². The Labute approximate surface area is 186 Å². The normalized spacial score (nSPS) is 12.8. The highest BCUT2D eigenvalue weighted by Gasteiger charge is 2.31. The van der Waals surface area contributed by atoms with Crippen LogP contribution in [0, 0.1) is 17.2 Å². The number of nitrogens with two attached hydrogens (primary N) is 1. The molecule has 0 fully saturated rings. The summed E-state index contributed by atoms with van der Waals surface area (Å²) in [7, 11) is 1.49. The van der Waals surface area contributed by atoms with Crippen LogP contribution in [0.3, 0.4) is 0 Å². The maximum absolute atomic E-state index is 12.9. The molecule has 0 bridgehead atoms. The fraction of sp³-hybridized carbons (Fsp3) is 0.455. The number of nitrogens with zero attached hydrogens (tertiary/aromatic N) is 3. The Morgan fingerprint density at radius 1 is 1.34 bits per heavy atom. The number of methoxy groups -OCH3 is 1.